The van der Waals surface area contributed by atoms with Gasteiger partial charge in [0, 0.05) is 22.7 Å². The van der Waals surface area contributed by atoms with Crippen molar-refractivity contribution in [1.29, 1.82) is 5.26 Å². The first-order chi connectivity index (χ1) is 18.2. The molecule has 1 aromatic heterocycles. The molecule has 0 amide bonds. The smallest absolute Gasteiger partial charge is 0.232 e. The molecule has 3 aromatic carbocycles. The maximum atomic E-state index is 9.70. The minimum Gasteiger partial charge on any atom is -0.489 e. The molecule has 0 spiro atoms. The van der Waals surface area contributed by atoms with Gasteiger partial charge in [-0.25, -0.2) is 0 Å². The van der Waals surface area contributed by atoms with Gasteiger partial charge in [-0.2, -0.15) is 10.2 Å². The van der Waals surface area contributed by atoms with Gasteiger partial charge in [-0.1, -0.05) is 66.6 Å². The van der Waals surface area contributed by atoms with E-state index in [1.807, 2.05) is 54.6 Å². The summed E-state index contributed by atoms with van der Waals surface area (Å²) < 4.78 is 11.9. The van der Waals surface area contributed by atoms with Crippen molar-refractivity contribution >= 4 is 17.5 Å². The second kappa shape index (κ2) is 12.0. The Morgan fingerprint density at radius 3 is 2.43 bits per heavy atom. The first-order valence-corrected chi connectivity index (χ1v) is 13.0. The third kappa shape index (κ3) is 6.14. The van der Waals surface area contributed by atoms with Gasteiger partial charge in [-0.15, -0.1) is 0 Å². The number of benzene rings is 3. The summed E-state index contributed by atoms with van der Waals surface area (Å²) >= 11 is 6.22. The first kappa shape index (κ1) is 24.9. The number of halogens is 1. The monoisotopic (exact) mass is 512 g/mol. The number of likely N-dealkylation sites (tertiary alicyclic amines) is 1. The number of ether oxygens (including phenoxy) is 1. The second-order valence-corrected chi connectivity index (χ2v) is 9.52. The van der Waals surface area contributed by atoms with E-state index in [2.05, 4.69) is 45.5 Å². The summed E-state index contributed by atoms with van der Waals surface area (Å²) in [5.74, 6) is 1.50. The Balaban J connectivity index is 1.28. The Morgan fingerprint density at radius 1 is 0.973 bits per heavy atom. The summed E-state index contributed by atoms with van der Waals surface area (Å²) in [4.78, 5) is 6.95. The minimum atomic E-state index is 0.191. The molecule has 1 aliphatic rings. The van der Waals surface area contributed by atoms with Crippen molar-refractivity contribution in [3.63, 3.8) is 0 Å². The zero-order valence-corrected chi connectivity index (χ0v) is 21.3. The molecule has 7 heteroatoms. The molecule has 1 fully saturated rings. The van der Waals surface area contributed by atoms with Crippen LogP contribution in [0.25, 0.3) is 11.5 Å². The van der Waals surface area contributed by atoms with Gasteiger partial charge >= 0.3 is 0 Å². The number of anilines is 1. The molecule has 1 aliphatic heterocycles. The number of nitrogens with zero attached hydrogens (tertiary/aromatic N) is 3. The van der Waals surface area contributed by atoms with Crippen molar-refractivity contribution in [2.24, 2.45) is 0 Å². The van der Waals surface area contributed by atoms with E-state index >= 15 is 0 Å². The predicted octanol–water partition coefficient (Wildman–Crippen LogP) is 7.08. The molecule has 6 nitrogen and oxygen atoms in total. The van der Waals surface area contributed by atoms with Gasteiger partial charge in [0.2, 0.25) is 17.5 Å². The molecule has 0 aliphatic carbocycles. The van der Waals surface area contributed by atoms with Crippen molar-refractivity contribution in [2.45, 2.75) is 31.9 Å². The van der Waals surface area contributed by atoms with E-state index in [4.69, 9.17) is 20.8 Å². The average Bonchev–Trinajstić information content (AvgIpc) is 3.37. The van der Waals surface area contributed by atoms with Gasteiger partial charge in [0.15, 0.2) is 0 Å². The number of hydrogen-bond acceptors (Lipinski definition) is 6. The molecule has 2 heterocycles. The molecule has 0 radical (unpaired) electrons. The van der Waals surface area contributed by atoms with Crippen LogP contribution in [-0.2, 0) is 6.61 Å². The minimum absolute atomic E-state index is 0.191. The highest BCUT2D eigenvalue weighted by Gasteiger charge is 2.23. The van der Waals surface area contributed by atoms with Crippen LogP contribution >= 0.6 is 11.6 Å². The molecule has 4 aromatic rings. The lowest BCUT2D eigenvalue weighted by molar-refractivity contribution is 0.170. The van der Waals surface area contributed by atoms with Crippen molar-refractivity contribution in [2.75, 3.05) is 25.0 Å². The van der Waals surface area contributed by atoms with Gasteiger partial charge in [0.1, 0.15) is 18.4 Å². The Labute approximate surface area is 222 Å². The van der Waals surface area contributed by atoms with Crippen LogP contribution in [0.3, 0.4) is 0 Å². The zero-order valence-electron chi connectivity index (χ0n) is 20.6. The van der Waals surface area contributed by atoms with Crippen LogP contribution in [0.2, 0.25) is 5.02 Å². The molecule has 0 unspecified atom stereocenters. The van der Waals surface area contributed by atoms with Crippen LogP contribution in [0.15, 0.2) is 83.3 Å². The zero-order chi connectivity index (χ0) is 25.5. The number of nitriles is 1. The summed E-state index contributed by atoms with van der Waals surface area (Å²) in [6.07, 6.45) is 3.69. The standard InChI is InChI=1S/C30H29ClN4O2/c31-26-12-6-5-11-24(26)21-36-25-15-13-23(14-16-25)29-34-27(19-32)30(37-29)33-20-28(22-9-3-1-4-10-22)35-17-7-2-8-18-35/h1,3-6,9-16,28,33H,2,7-8,17-18,20-21H2/t28-/m1/s1. The summed E-state index contributed by atoms with van der Waals surface area (Å²) in [5.41, 5.74) is 3.20. The van der Waals surface area contributed by atoms with Gasteiger partial charge < -0.3 is 14.5 Å². The summed E-state index contributed by atoms with van der Waals surface area (Å²) in [5, 5.41) is 13.8. The maximum absolute atomic E-state index is 9.70. The van der Waals surface area contributed by atoms with Crippen LogP contribution in [0.4, 0.5) is 5.88 Å². The fourth-order valence-electron chi connectivity index (χ4n) is 4.66. The molecule has 188 valence electrons. The van der Waals surface area contributed by atoms with Gasteiger partial charge in [-0.05, 0) is 61.8 Å². The normalized spacial score (nSPS) is 14.6. The Bertz CT molecular complexity index is 1340. The lowest BCUT2D eigenvalue weighted by Crippen LogP contribution is -2.37. The number of hydrogen-bond donors (Lipinski definition) is 1. The third-order valence-corrected chi connectivity index (χ3v) is 7.03. The molecule has 1 atom stereocenters. The molecular weight excluding hydrogens is 484 g/mol. The van der Waals surface area contributed by atoms with E-state index in [9.17, 15) is 5.26 Å². The number of aromatic nitrogens is 1. The number of oxazole rings is 1. The van der Waals surface area contributed by atoms with E-state index < -0.39 is 0 Å². The van der Waals surface area contributed by atoms with Gasteiger partial charge in [0.25, 0.3) is 0 Å². The van der Waals surface area contributed by atoms with Gasteiger partial charge in [0.05, 0.1) is 6.04 Å². The predicted molar refractivity (Wildman–Crippen MR) is 146 cm³/mol. The molecular formula is C30H29ClN4O2. The fourth-order valence-corrected chi connectivity index (χ4v) is 4.85. The summed E-state index contributed by atoms with van der Waals surface area (Å²) in [6.45, 7) is 3.14. The quantitative estimate of drug-likeness (QED) is 0.258. The van der Waals surface area contributed by atoms with Crippen LogP contribution in [0.1, 0.15) is 42.1 Å². The van der Waals surface area contributed by atoms with Crippen LogP contribution < -0.4 is 10.1 Å². The van der Waals surface area contributed by atoms with Crippen molar-refractivity contribution < 1.29 is 9.15 Å². The molecule has 0 saturated carbocycles. The third-order valence-electron chi connectivity index (χ3n) is 6.66. The Morgan fingerprint density at radius 2 is 1.70 bits per heavy atom. The average molecular weight is 513 g/mol. The Kier molecular flexibility index (Phi) is 8.05. The highest BCUT2D eigenvalue weighted by molar-refractivity contribution is 6.31. The van der Waals surface area contributed by atoms with Crippen LogP contribution in [0.5, 0.6) is 5.75 Å². The molecule has 1 N–H and O–H groups in total. The van der Waals surface area contributed by atoms with E-state index in [1.165, 1.54) is 24.8 Å². The fraction of sp³-hybridized carbons (Fsp3) is 0.267. The van der Waals surface area contributed by atoms with Crippen LogP contribution in [0, 0.1) is 11.3 Å². The van der Waals surface area contributed by atoms with Crippen molar-refractivity contribution in [1.82, 2.24) is 9.88 Å². The molecule has 1 saturated heterocycles. The first-order valence-electron chi connectivity index (χ1n) is 12.6. The SMILES string of the molecule is N#Cc1nc(-c2ccc(OCc3ccccc3Cl)cc2)oc1NC[C@H](c1ccccc1)N1CCCCC1. The number of nitrogens with one attached hydrogen (secondary N) is 1. The van der Waals surface area contributed by atoms with E-state index in [1.54, 1.807) is 0 Å². The van der Waals surface area contributed by atoms with Crippen LogP contribution in [-0.4, -0.2) is 29.5 Å². The number of rotatable bonds is 9. The maximum Gasteiger partial charge on any atom is 0.232 e. The lowest BCUT2D eigenvalue weighted by Gasteiger charge is -2.35. The summed E-state index contributed by atoms with van der Waals surface area (Å²) in [7, 11) is 0. The molecule has 37 heavy (non-hydrogen) atoms. The Hall–Kier alpha value is -3.79. The van der Waals surface area contributed by atoms with E-state index in [0.29, 0.717) is 35.7 Å². The van der Waals surface area contributed by atoms with E-state index in [-0.39, 0.29) is 11.7 Å². The summed E-state index contributed by atoms with van der Waals surface area (Å²) in [6, 6.07) is 27.9. The highest BCUT2D eigenvalue weighted by atomic mass is 35.5. The second-order valence-electron chi connectivity index (χ2n) is 9.12. The number of piperidine rings is 1. The van der Waals surface area contributed by atoms with Gasteiger partial charge in [-0.3, -0.25) is 4.90 Å². The topological polar surface area (TPSA) is 74.3 Å². The van der Waals surface area contributed by atoms with Crippen molar-refractivity contribution in [3.05, 3.63) is 101 Å². The molecule has 5 rings (SSSR count). The highest BCUT2D eigenvalue weighted by Crippen LogP contribution is 2.30. The lowest BCUT2D eigenvalue weighted by atomic mass is 10.0. The molecule has 0 bridgehead atoms. The van der Waals surface area contributed by atoms with Crippen molar-refractivity contribution in [3.8, 4) is 23.3 Å². The largest absolute Gasteiger partial charge is 0.489 e. The van der Waals surface area contributed by atoms with E-state index in [0.717, 1.165) is 24.2 Å².